The van der Waals surface area contributed by atoms with Crippen LogP contribution in [0.1, 0.15) is 18.9 Å². The number of allylic oxidation sites excluding steroid dienone is 3. The highest BCUT2D eigenvalue weighted by atomic mass is 79.9. The molecule has 0 saturated carbocycles. The molecule has 1 aliphatic rings. The standard InChI is InChI=1S/C26H25BrF6O6/c1-2-36-22(23(34)35)14-18-8-9-21(20(27)13-18)37-12-5-3-4-10-24(39-17-26(31,32)33)11-6-7-19(15-24)38-16-25(28,29)30/h3,5-9,11,13,22H,2,12,14-17H2,1H3,(H,34,35)/t22-,24?/m0/s1. The first kappa shape index (κ1) is 32.3. The van der Waals surface area contributed by atoms with Gasteiger partial charge in [0, 0.05) is 19.4 Å². The highest BCUT2D eigenvalue weighted by Crippen LogP contribution is 2.31. The molecule has 13 heteroatoms. The Bertz CT molecular complexity index is 1130. The van der Waals surface area contributed by atoms with Crippen molar-refractivity contribution < 1.29 is 55.2 Å². The lowest BCUT2D eigenvalue weighted by atomic mass is 9.94. The monoisotopic (exact) mass is 626 g/mol. The number of rotatable bonds is 12. The Morgan fingerprint density at radius 3 is 2.51 bits per heavy atom. The van der Waals surface area contributed by atoms with E-state index in [0.29, 0.717) is 15.8 Å². The van der Waals surface area contributed by atoms with Gasteiger partial charge >= 0.3 is 18.3 Å². The fourth-order valence-electron chi connectivity index (χ4n) is 3.22. The molecule has 1 N–H and O–H groups in total. The van der Waals surface area contributed by atoms with Crippen molar-refractivity contribution in [3.63, 3.8) is 0 Å². The Morgan fingerprint density at radius 2 is 1.90 bits per heavy atom. The number of aliphatic carboxylic acids is 1. The molecule has 0 spiro atoms. The molecule has 2 rings (SSSR count). The summed E-state index contributed by atoms with van der Waals surface area (Å²) < 4.78 is 96.7. The van der Waals surface area contributed by atoms with Crippen LogP contribution in [0.3, 0.4) is 0 Å². The third kappa shape index (κ3) is 12.2. The molecule has 0 aromatic heterocycles. The van der Waals surface area contributed by atoms with Crippen molar-refractivity contribution in [1.29, 1.82) is 0 Å². The first-order chi connectivity index (χ1) is 18.2. The number of carboxylic acids is 1. The largest absolute Gasteiger partial charge is 0.488 e. The highest BCUT2D eigenvalue weighted by Gasteiger charge is 2.37. The van der Waals surface area contributed by atoms with Gasteiger partial charge in [0.05, 0.1) is 4.47 Å². The second-order valence-corrected chi connectivity index (χ2v) is 8.95. The van der Waals surface area contributed by atoms with Crippen LogP contribution in [0.2, 0.25) is 0 Å². The number of hydrogen-bond donors (Lipinski definition) is 1. The maximum atomic E-state index is 12.8. The molecule has 2 atom stereocenters. The van der Waals surface area contributed by atoms with E-state index in [9.17, 15) is 36.2 Å². The van der Waals surface area contributed by atoms with Crippen molar-refractivity contribution in [3.05, 3.63) is 64.4 Å². The average molecular weight is 627 g/mol. The molecule has 0 radical (unpaired) electrons. The summed E-state index contributed by atoms with van der Waals surface area (Å²) in [5.74, 6) is 4.20. The number of alkyl halides is 6. The summed E-state index contributed by atoms with van der Waals surface area (Å²) in [6.07, 6.45) is -4.15. The second-order valence-electron chi connectivity index (χ2n) is 8.10. The average Bonchev–Trinajstić information content (AvgIpc) is 2.84. The smallest absolute Gasteiger partial charge is 0.422 e. The molecule has 214 valence electrons. The van der Waals surface area contributed by atoms with Crippen LogP contribution < -0.4 is 4.74 Å². The lowest BCUT2D eigenvalue weighted by Gasteiger charge is -2.29. The molecular weight excluding hydrogens is 602 g/mol. The van der Waals surface area contributed by atoms with E-state index in [2.05, 4.69) is 32.5 Å². The molecule has 1 unspecified atom stereocenters. The van der Waals surface area contributed by atoms with Crippen molar-refractivity contribution in [2.45, 2.75) is 43.8 Å². The molecular formula is C26H25BrF6O6. The van der Waals surface area contributed by atoms with Crippen LogP contribution in [0.15, 0.2) is 58.8 Å². The number of ether oxygens (including phenoxy) is 4. The Hall–Kier alpha value is -2.95. The molecule has 0 amide bonds. The van der Waals surface area contributed by atoms with E-state index in [4.69, 9.17) is 14.2 Å². The SMILES string of the molecule is CCO[C@@H](Cc1ccc(OCC=CC#CC2(OCC(F)(F)F)C=CC=C(OCC(F)(F)F)C2)c(Br)c1)C(=O)O. The molecule has 0 saturated heterocycles. The fourth-order valence-corrected chi connectivity index (χ4v) is 3.76. The first-order valence-corrected chi connectivity index (χ1v) is 12.2. The van der Waals surface area contributed by atoms with Crippen molar-refractivity contribution in [3.8, 4) is 17.6 Å². The van der Waals surface area contributed by atoms with Crippen LogP contribution in [0, 0.1) is 11.8 Å². The van der Waals surface area contributed by atoms with Gasteiger partial charge < -0.3 is 24.1 Å². The molecule has 0 heterocycles. The Labute approximate surface area is 229 Å². The highest BCUT2D eigenvalue weighted by molar-refractivity contribution is 9.10. The molecule has 0 bridgehead atoms. The molecule has 1 aromatic rings. The third-order valence-electron chi connectivity index (χ3n) is 4.88. The fraction of sp³-hybridized carbons (Fsp3) is 0.423. The van der Waals surface area contributed by atoms with Crippen molar-refractivity contribution in [2.24, 2.45) is 0 Å². The second kappa shape index (κ2) is 14.4. The van der Waals surface area contributed by atoms with Gasteiger partial charge in [-0.1, -0.05) is 24.0 Å². The number of halogens is 7. The number of carboxylic acid groups (broad SMARTS) is 1. The van der Waals surface area contributed by atoms with Gasteiger partial charge in [0.2, 0.25) is 0 Å². The zero-order chi connectivity index (χ0) is 29.1. The minimum atomic E-state index is -4.68. The van der Waals surface area contributed by atoms with E-state index in [0.717, 1.165) is 0 Å². The zero-order valence-corrected chi connectivity index (χ0v) is 22.2. The van der Waals surface area contributed by atoms with E-state index in [1.165, 1.54) is 30.4 Å². The van der Waals surface area contributed by atoms with Crippen molar-refractivity contribution in [2.75, 3.05) is 26.4 Å². The van der Waals surface area contributed by atoms with E-state index < -0.39 is 49.7 Å². The minimum absolute atomic E-state index is 0.0232. The van der Waals surface area contributed by atoms with Gasteiger partial charge in [-0.25, -0.2) is 4.79 Å². The summed E-state index contributed by atoms with van der Waals surface area (Å²) in [6, 6.07) is 5.00. The van der Waals surface area contributed by atoms with Crippen LogP contribution in [0.5, 0.6) is 5.75 Å². The summed E-state index contributed by atoms with van der Waals surface area (Å²) in [5.41, 5.74) is -1.14. The normalized spacial score (nSPS) is 18.3. The predicted octanol–water partition coefficient (Wildman–Crippen LogP) is 6.16. The summed E-state index contributed by atoms with van der Waals surface area (Å²) in [5, 5.41) is 9.22. The molecule has 0 fully saturated rings. The van der Waals surface area contributed by atoms with Crippen LogP contribution in [-0.2, 0) is 25.4 Å². The van der Waals surface area contributed by atoms with Gasteiger partial charge in [-0.15, -0.1) is 0 Å². The van der Waals surface area contributed by atoms with Crippen molar-refractivity contribution in [1.82, 2.24) is 0 Å². The molecule has 6 nitrogen and oxygen atoms in total. The summed E-state index contributed by atoms with van der Waals surface area (Å²) in [6.45, 7) is -1.29. The summed E-state index contributed by atoms with van der Waals surface area (Å²) >= 11 is 3.35. The van der Waals surface area contributed by atoms with E-state index in [1.54, 1.807) is 25.1 Å². The quantitative estimate of drug-likeness (QED) is 0.221. The van der Waals surface area contributed by atoms with E-state index in [1.807, 2.05) is 0 Å². The number of hydrogen-bond acceptors (Lipinski definition) is 5. The molecule has 1 aromatic carbocycles. The van der Waals surface area contributed by atoms with Crippen LogP contribution >= 0.6 is 15.9 Å². The Balaban J connectivity index is 2.02. The van der Waals surface area contributed by atoms with E-state index >= 15 is 0 Å². The van der Waals surface area contributed by atoms with Gasteiger partial charge in [0.15, 0.2) is 18.3 Å². The predicted molar refractivity (Wildman–Crippen MR) is 132 cm³/mol. The molecule has 1 aliphatic carbocycles. The molecule has 0 aliphatic heterocycles. The van der Waals surface area contributed by atoms with Crippen molar-refractivity contribution >= 4 is 21.9 Å². The maximum absolute atomic E-state index is 12.8. The lowest BCUT2D eigenvalue weighted by Crippen LogP contribution is -2.35. The van der Waals surface area contributed by atoms with Crippen LogP contribution in [-0.4, -0.2) is 61.6 Å². The Kier molecular flexibility index (Phi) is 11.9. The van der Waals surface area contributed by atoms with Gasteiger partial charge in [-0.05, 0) is 64.9 Å². The lowest BCUT2D eigenvalue weighted by molar-refractivity contribution is -0.191. The first-order valence-electron chi connectivity index (χ1n) is 11.4. The third-order valence-corrected chi connectivity index (χ3v) is 5.50. The molecule has 39 heavy (non-hydrogen) atoms. The van der Waals surface area contributed by atoms with Gasteiger partial charge in [-0.3, -0.25) is 0 Å². The van der Waals surface area contributed by atoms with Gasteiger partial charge in [0.1, 0.15) is 24.7 Å². The van der Waals surface area contributed by atoms with Crippen LogP contribution in [0.4, 0.5) is 26.3 Å². The summed E-state index contributed by atoms with van der Waals surface area (Å²) in [7, 11) is 0. The van der Waals surface area contributed by atoms with Gasteiger partial charge in [-0.2, -0.15) is 26.3 Å². The van der Waals surface area contributed by atoms with Gasteiger partial charge in [0.25, 0.3) is 0 Å². The van der Waals surface area contributed by atoms with E-state index in [-0.39, 0.29) is 25.4 Å². The number of carbonyl (C=O) groups is 1. The number of benzene rings is 1. The topological polar surface area (TPSA) is 74.2 Å². The Morgan fingerprint density at radius 1 is 1.18 bits per heavy atom. The minimum Gasteiger partial charge on any atom is -0.488 e. The van der Waals surface area contributed by atoms with Crippen LogP contribution in [0.25, 0.3) is 0 Å². The zero-order valence-electron chi connectivity index (χ0n) is 20.6. The maximum Gasteiger partial charge on any atom is 0.422 e. The summed E-state index contributed by atoms with van der Waals surface area (Å²) in [4.78, 5) is 11.3.